The van der Waals surface area contributed by atoms with E-state index in [0.717, 1.165) is 0 Å². The van der Waals surface area contributed by atoms with Gasteiger partial charge in [0.2, 0.25) is 0 Å². The van der Waals surface area contributed by atoms with Crippen LogP contribution in [0.4, 0.5) is 10.5 Å². The van der Waals surface area contributed by atoms with Crippen molar-refractivity contribution in [3.8, 4) is 5.75 Å². The van der Waals surface area contributed by atoms with E-state index in [2.05, 4.69) is 18.1 Å². The molecule has 6 heteroatoms. The Kier molecular flexibility index (Phi) is 4.16. The largest absolute Gasteiger partial charge is 0.504 e. The van der Waals surface area contributed by atoms with Gasteiger partial charge in [-0.05, 0) is 32.9 Å². The van der Waals surface area contributed by atoms with E-state index in [1.54, 1.807) is 12.1 Å². The molecule has 0 bridgehead atoms. The average molecular weight is 275 g/mol. The van der Waals surface area contributed by atoms with Crippen LogP contribution < -0.4 is 5.32 Å². The molecule has 1 aromatic rings. The van der Waals surface area contributed by atoms with E-state index in [0.29, 0.717) is 0 Å². The summed E-state index contributed by atoms with van der Waals surface area (Å²) in [5, 5.41) is 12.4. The summed E-state index contributed by atoms with van der Waals surface area (Å²) in [5.74, 6) is -0.154. The quantitative estimate of drug-likeness (QED) is 0.542. The molecule has 0 unspecified atom stereocenters. The SMILES string of the molecule is CC(C)(C)N(S)C(=O)Nc1cccc(Cl)c1O. The van der Waals surface area contributed by atoms with Gasteiger partial charge in [-0.3, -0.25) is 4.31 Å². The first-order valence-electron chi connectivity index (χ1n) is 5.01. The van der Waals surface area contributed by atoms with Crippen LogP contribution in [-0.4, -0.2) is 21.0 Å². The van der Waals surface area contributed by atoms with E-state index in [-0.39, 0.29) is 16.5 Å². The normalized spacial score (nSPS) is 11.1. The van der Waals surface area contributed by atoms with E-state index in [9.17, 15) is 9.90 Å². The Morgan fingerprint density at radius 2 is 2.06 bits per heavy atom. The Labute approximate surface area is 111 Å². The van der Waals surface area contributed by atoms with Crippen LogP contribution in [0.1, 0.15) is 20.8 Å². The Bertz CT molecular complexity index is 432. The van der Waals surface area contributed by atoms with Crippen LogP contribution in [0.25, 0.3) is 0 Å². The Balaban J connectivity index is 2.86. The first-order valence-corrected chi connectivity index (χ1v) is 5.79. The van der Waals surface area contributed by atoms with Crippen LogP contribution in [-0.2, 0) is 0 Å². The van der Waals surface area contributed by atoms with E-state index in [1.807, 2.05) is 20.8 Å². The number of hydrogen-bond donors (Lipinski definition) is 3. The topological polar surface area (TPSA) is 52.6 Å². The zero-order chi connectivity index (χ0) is 13.2. The van der Waals surface area contributed by atoms with Crippen molar-refractivity contribution in [2.45, 2.75) is 26.3 Å². The van der Waals surface area contributed by atoms with Gasteiger partial charge in [-0.1, -0.05) is 30.5 Å². The number of hydrogen-bond acceptors (Lipinski definition) is 3. The molecule has 0 aliphatic carbocycles. The molecule has 2 amide bonds. The van der Waals surface area contributed by atoms with Crippen LogP contribution >= 0.6 is 24.4 Å². The number of phenols is 1. The van der Waals surface area contributed by atoms with Crippen LogP contribution in [0.2, 0.25) is 5.02 Å². The highest BCUT2D eigenvalue weighted by molar-refractivity contribution is 7.78. The lowest BCUT2D eigenvalue weighted by atomic mass is 10.1. The predicted molar refractivity (Wildman–Crippen MR) is 72.7 cm³/mol. The second-order valence-corrected chi connectivity index (χ2v) is 5.36. The summed E-state index contributed by atoms with van der Waals surface area (Å²) in [6.07, 6.45) is 0. The Morgan fingerprint density at radius 3 is 2.59 bits per heavy atom. The third-order valence-corrected chi connectivity index (χ3v) is 3.14. The van der Waals surface area contributed by atoms with Crippen LogP contribution in [0.3, 0.4) is 0 Å². The van der Waals surface area contributed by atoms with Crippen LogP contribution in [0.15, 0.2) is 18.2 Å². The van der Waals surface area contributed by atoms with Crippen molar-refractivity contribution in [2.75, 3.05) is 5.32 Å². The van der Waals surface area contributed by atoms with Crippen molar-refractivity contribution in [3.63, 3.8) is 0 Å². The molecule has 94 valence electrons. The lowest BCUT2D eigenvalue weighted by Crippen LogP contribution is -2.41. The van der Waals surface area contributed by atoms with Crippen molar-refractivity contribution in [2.24, 2.45) is 0 Å². The molecule has 1 aromatic carbocycles. The molecule has 0 saturated heterocycles. The summed E-state index contributed by atoms with van der Waals surface area (Å²) in [6.45, 7) is 5.53. The van der Waals surface area contributed by atoms with Crippen molar-refractivity contribution < 1.29 is 9.90 Å². The predicted octanol–water partition coefficient (Wildman–Crippen LogP) is 3.52. The maximum absolute atomic E-state index is 11.8. The number of phenolic OH excluding ortho intramolecular Hbond substituents is 1. The fraction of sp³-hybridized carbons (Fsp3) is 0.364. The maximum Gasteiger partial charge on any atom is 0.332 e. The molecule has 0 aromatic heterocycles. The van der Waals surface area contributed by atoms with Gasteiger partial charge in [-0.15, -0.1) is 0 Å². The number of thiol groups is 1. The van der Waals surface area contributed by atoms with Gasteiger partial charge in [-0.25, -0.2) is 4.79 Å². The number of para-hydroxylation sites is 1. The highest BCUT2D eigenvalue weighted by Crippen LogP contribution is 2.31. The number of anilines is 1. The van der Waals surface area contributed by atoms with Crippen molar-refractivity contribution in [3.05, 3.63) is 23.2 Å². The zero-order valence-electron chi connectivity index (χ0n) is 9.86. The minimum atomic E-state index is -0.432. The Hall–Kier alpha value is -1.07. The minimum absolute atomic E-state index is 0.154. The molecule has 0 aliphatic rings. The number of nitrogens with zero attached hydrogens (tertiary/aromatic N) is 1. The molecule has 0 aliphatic heterocycles. The molecule has 0 spiro atoms. The minimum Gasteiger partial charge on any atom is -0.504 e. The molecule has 0 fully saturated rings. The number of rotatable bonds is 1. The number of aromatic hydroxyl groups is 1. The van der Waals surface area contributed by atoms with E-state index in [4.69, 9.17) is 11.6 Å². The number of halogens is 1. The number of benzene rings is 1. The van der Waals surface area contributed by atoms with E-state index < -0.39 is 11.6 Å². The van der Waals surface area contributed by atoms with Gasteiger partial charge in [0.1, 0.15) is 0 Å². The van der Waals surface area contributed by atoms with Gasteiger partial charge in [0.15, 0.2) is 5.75 Å². The molecular formula is C11H15ClN2O2S. The van der Waals surface area contributed by atoms with Gasteiger partial charge in [0, 0.05) is 5.54 Å². The molecule has 1 rings (SSSR count). The third-order valence-electron chi connectivity index (χ3n) is 2.06. The first-order chi connectivity index (χ1) is 7.73. The van der Waals surface area contributed by atoms with Gasteiger partial charge in [-0.2, -0.15) is 0 Å². The summed E-state index contributed by atoms with van der Waals surface area (Å²) in [5.41, 5.74) is -0.174. The van der Waals surface area contributed by atoms with E-state index in [1.165, 1.54) is 10.4 Å². The molecule has 0 saturated carbocycles. The van der Waals surface area contributed by atoms with Crippen LogP contribution in [0.5, 0.6) is 5.75 Å². The van der Waals surface area contributed by atoms with Crippen LogP contribution in [0, 0.1) is 0 Å². The second kappa shape index (κ2) is 5.06. The van der Waals surface area contributed by atoms with E-state index >= 15 is 0 Å². The van der Waals surface area contributed by atoms with Crippen molar-refractivity contribution in [1.82, 2.24) is 4.31 Å². The lowest BCUT2D eigenvalue weighted by Gasteiger charge is -2.30. The fourth-order valence-corrected chi connectivity index (χ4v) is 1.31. The number of urea groups is 1. The molecule has 2 N–H and O–H groups in total. The lowest BCUT2D eigenvalue weighted by molar-refractivity contribution is 0.216. The van der Waals surface area contributed by atoms with Crippen molar-refractivity contribution in [1.29, 1.82) is 0 Å². The van der Waals surface area contributed by atoms with Gasteiger partial charge in [0.05, 0.1) is 10.7 Å². The zero-order valence-corrected chi connectivity index (χ0v) is 11.5. The fourth-order valence-electron chi connectivity index (χ4n) is 1.09. The molecule has 0 atom stereocenters. The Morgan fingerprint density at radius 1 is 1.47 bits per heavy atom. The standard InChI is InChI=1S/C11H15ClN2O2S/c1-11(2,3)14(17)10(16)13-8-6-4-5-7(12)9(8)15/h4-6,15,17H,1-3H3,(H,13,16). The summed E-state index contributed by atoms with van der Waals surface area (Å²) < 4.78 is 1.24. The third kappa shape index (κ3) is 3.44. The maximum atomic E-state index is 11.8. The first kappa shape index (κ1) is 14.0. The molecular weight excluding hydrogens is 260 g/mol. The second-order valence-electron chi connectivity index (χ2n) is 4.55. The summed E-state index contributed by atoms with van der Waals surface area (Å²) in [4.78, 5) is 11.8. The molecule has 17 heavy (non-hydrogen) atoms. The highest BCUT2D eigenvalue weighted by atomic mass is 35.5. The van der Waals surface area contributed by atoms with Gasteiger partial charge < -0.3 is 10.4 Å². The monoisotopic (exact) mass is 274 g/mol. The summed E-state index contributed by atoms with van der Waals surface area (Å²) in [7, 11) is 0. The molecule has 0 heterocycles. The molecule has 4 nitrogen and oxygen atoms in total. The summed E-state index contributed by atoms with van der Waals surface area (Å²) in [6, 6.07) is 4.30. The number of carbonyl (C=O) groups is 1. The molecule has 0 radical (unpaired) electrons. The highest BCUT2D eigenvalue weighted by Gasteiger charge is 2.24. The summed E-state index contributed by atoms with van der Waals surface area (Å²) >= 11 is 9.84. The number of amides is 2. The average Bonchev–Trinajstić information content (AvgIpc) is 2.22. The number of nitrogens with one attached hydrogen (secondary N) is 1. The van der Waals surface area contributed by atoms with Gasteiger partial charge >= 0.3 is 6.03 Å². The smallest absolute Gasteiger partial charge is 0.332 e. The van der Waals surface area contributed by atoms with Gasteiger partial charge in [0.25, 0.3) is 0 Å². The number of carbonyl (C=O) groups excluding carboxylic acids is 1. The van der Waals surface area contributed by atoms with Crippen molar-refractivity contribution >= 4 is 36.1 Å².